The van der Waals surface area contributed by atoms with Crippen LogP contribution in [0.25, 0.3) is 0 Å². The third kappa shape index (κ3) is 3.33. The maximum atomic E-state index is 14.0. The molecule has 1 aromatic heterocycles. The van der Waals surface area contributed by atoms with E-state index in [1.165, 1.54) is 17.8 Å². The topological polar surface area (TPSA) is 53.6 Å². The Balaban J connectivity index is 2.32. The zero-order chi connectivity index (χ0) is 13.8. The zero-order valence-corrected chi connectivity index (χ0v) is 12.0. The Labute approximate surface area is 116 Å². The Kier molecular flexibility index (Phi) is 4.55. The first-order valence-corrected chi connectivity index (χ1v) is 7.02. The van der Waals surface area contributed by atoms with E-state index < -0.39 is 0 Å². The zero-order valence-electron chi connectivity index (χ0n) is 11.2. The van der Waals surface area contributed by atoms with Crippen LogP contribution >= 0.6 is 11.8 Å². The van der Waals surface area contributed by atoms with E-state index in [4.69, 9.17) is 0 Å². The van der Waals surface area contributed by atoms with Crippen molar-refractivity contribution in [3.8, 4) is 0 Å². The second-order valence-electron chi connectivity index (χ2n) is 4.24. The highest BCUT2D eigenvalue weighted by molar-refractivity contribution is 7.99. The lowest BCUT2D eigenvalue weighted by Crippen LogP contribution is -2.18. The van der Waals surface area contributed by atoms with Gasteiger partial charge in [-0.2, -0.15) is 0 Å². The van der Waals surface area contributed by atoms with E-state index in [0.29, 0.717) is 10.1 Å². The van der Waals surface area contributed by atoms with Crippen molar-refractivity contribution in [1.29, 1.82) is 0 Å². The van der Waals surface area contributed by atoms with Gasteiger partial charge in [0.2, 0.25) is 5.16 Å². The highest BCUT2D eigenvalue weighted by Crippen LogP contribution is 2.33. The molecule has 0 aliphatic heterocycles. The fraction of sp³-hybridized carbons (Fsp3) is 0.385. The predicted molar refractivity (Wildman–Crippen MR) is 73.7 cm³/mol. The fourth-order valence-corrected chi connectivity index (χ4v) is 2.83. The fourth-order valence-electron chi connectivity index (χ4n) is 1.85. The van der Waals surface area contributed by atoms with Gasteiger partial charge in [-0.25, -0.2) is 9.37 Å². The van der Waals surface area contributed by atoms with Gasteiger partial charge in [0, 0.05) is 6.04 Å². The van der Waals surface area contributed by atoms with Crippen molar-refractivity contribution < 1.29 is 4.39 Å². The summed E-state index contributed by atoms with van der Waals surface area (Å²) in [4.78, 5) is 4.78. The summed E-state index contributed by atoms with van der Waals surface area (Å²) in [6, 6.07) is 5.21. The molecule has 1 heterocycles. The van der Waals surface area contributed by atoms with Gasteiger partial charge in [0.05, 0.1) is 4.90 Å². The molecule has 4 nitrogen and oxygen atoms in total. The lowest BCUT2D eigenvalue weighted by Gasteiger charge is -2.16. The van der Waals surface area contributed by atoms with Crippen molar-refractivity contribution in [2.75, 3.05) is 6.54 Å². The van der Waals surface area contributed by atoms with Gasteiger partial charge in [0.25, 0.3) is 0 Å². The molecule has 1 unspecified atom stereocenters. The molecule has 2 rings (SSSR count). The number of H-pyrrole nitrogens is 1. The molecule has 0 saturated carbocycles. The number of aromatic nitrogens is 3. The summed E-state index contributed by atoms with van der Waals surface area (Å²) in [6.45, 7) is 6.70. The lowest BCUT2D eigenvalue weighted by atomic mass is 10.1. The molecule has 0 fully saturated rings. The smallest absolute Gasteiger partial charge is 0.213 e. The van der Waals surface area contributed by atoms with Crippen molar-refractivity contribution in [3.63, 3.8) is 0 Å². The van der Waals surface area contributed by atoms with Crippen LogP contribution in [-0.4, -0.2) is 21.7 Å². The van der Waals surface area contributed by atoms with E-state index in [-0.39, 0.29) is 11.9 Å². The van der Waals surface area contributed by atoms with Crippen LogP contribution in [0.5, 0.6) is 0 Å². The number of aryl methyl sites for hydroxylation is 1. The van der Waals surface area contributed by atoms with Gasteiger partial charge >= 0.3 is 0 Å². The number of nitrogens with zero attached hydrogens (tertiary/aromatic N) is 2. The SMILES string of the molecule is CCNC(C)c1cccc(F)c1Sc1n[nH]c(C)n1. The molecule has 1 atom stereocenters. The summed E-state index contributed by atoms with van der Waals surface area (Å²) in [5, 5.41) is 10.6. The van der Waals surface area contributed by atoms with E-state index in [2.05, 4.69) is 20.5 Å². The van der Waals surface area contributed by atoms with E-state index in [9.17, 15) is 4.39 Å². The number of rotatable bonds is 5. The molecule has 0 amide bonds. The Bertz CT molecular complexity index is 555. The Hall–Kier alpha value is -1.40. The Morgan fingerprint density at radius 3 is 2.89 bits per heavy atom. The molecule has 0 aliphatic carbocycles. The van der Waals surface area contributed by atoms with Crippen LogP contribution in [-0.2, 0) is 0 Å². The van der Waals surface area contributed by atoms with Gasteiger partial charge in [-0.1, -0.05) is 19.1 Å². The van der Waals surface area contributed by atoms with Crippen LogP contribution in [0.2, 0.25) is 0 Å². The molecule has 0 radical (unpaired) electrons. The molecule has 0 aliphatic rings. The van der Waals surface area contributed by atoms with Crippen molar-refractivity contribution in [2.24, 2.45) is 0 Å². The van der Waals surface area contributed by atoms with Crippen LogP contribution in [0.4, 0.5) is 4.39 Å². The average Bonchev–Trinajstić information content (AvgIpc) is 2.78. The van der Waals surface area contributed by atoms with Crippen molar-refractivity contribution in [2.45, 2.75) is 36.9 Å². The number of aromatic amines is 1. The molecule has 1 aromatic carbocycles. The van der Waals surface area contributed by atoms with Crippen LogP contribution in [0, 0.1) is 12.7 Å². The Morgan fingerprint density at radius 1 is 1.47 bits per heavy atom. The average molecular weight is 280 g/mol. The minimum atomic E-state index is -0.241. The van der Waals surface area contributed by atoms with Gasteiger partial charge in [0.1, 0.15) is 11.6 Å². The molecule has 2 N–H and O–H groups in total. The van der Waals surface area contributed by atoms with E-state index in [1.54, 1.807) is 6.07 Å². The first kappa shape index (κ1) is 14.0. The van der Waals surface area contributed by atoms with Crippen LogP contribution in [0.1, 0.15) is 31.3 Å². The highest BCUT2D eigenvalue weighted by Gasteiger charge is 2.16. The van der Waals surface area contributed by atoms with Gasteiger partial charge < -0.3 is 5.32 Å². The third-order valence-electron chi connectivity index (χ3n) is 2.74. The predicted octanol–water partition coefficient (Wildman–Crippen LogP) is 3.07. The van der Waals surface area contributed by atoms with Crippen LogP contribution in [0.3, 0.4) is 0 Å². The summed E-state index contributed by atoms with van der Waals surface area (Å²) in [7, 11) is 0. The summed E-state index contributed by atoms with van der Waals surface area (Å²) < 4.78 is 14.0. The molecular formula is C13H17FN4S. The van der Waals surface area contributed by atoms with Gasteiger partial charge in [0.15, 0.2) is 0 Å². The van der Waals surface area contributed by atoms with Crippen molar-refractivity contribution in [3.05, 3.63) is 35.4 Å². The summed E-state index contributed by atoms with van der Waals surface area (Å²) in [5.74, 6) is 0.481. The summed E-state index contributed by atoms with van der Waals surface area (Å²) in [6.07, 6.45) is 0. The van der Waals surface area contributed by atoms with Gasteiger partial charge in [-0.3, -0.25) is 5.10 Å². The standard InChI is InChI=1S/C13H17FN4S/c1-4-15-8(2)10-6-5-7-11(14)12(10)19-13-16-9(3)17-18-13/h5-8,15H,4H2,1-3H3,(H,16,17,18). The molecule has 6 heteroatoms. The van der Waals surface area contributed by atoms with Gasteiger partial charge in [-0.15, -0.1) is 5.10 Å². The maximum Gasteiger partial charge on any atom is 0.213 e. The summed E-state index contributed by atoms with van der Waals surface area (Å²) >= 11 is 1.25. The molecule has 102 valence electrons. The normalized spacial score (nSPS) is 12.6. The van der Waals surface area contributed by atoms with E-state index >= 15 is 0 Å². The third-order valence-corrected chi connectivity index (χ3v) is 3.74. The number of hydrogen-bond acceptors (Lipinski definition) is 4. The van der Waals surface area contributed by atoms with Crippen molar-refractivity contribution >= 4 is 11.8 Å². The molecule has 2 aromatic rings. The second-order valence-corrected chi connectivity index (χ2v) is 5.22. The summed E-state index contributed by atoms with van der Waals surface area (Å²) in [5.41, 5.74) is 0.925. The molecule has 0 spiro atoms. The molecule has 0 saturated heterocycles. The largest absolute Gasteiger partial charge is 0.310 e. The minimum absolute atomic E-state index is 0.0863. The second kappa shape index (κ2) is 6.16. The van der Waals surface area contributed by atoms with Crippen molar-refractivity contribution in [1.82, 2.24) is 20.5 Å². The first-order chi connectivity index (χ1) is 9.11. The van der Waals surface area contributed by atoms with Crippen LogP contribution < -0.4 is 5.32 Å². The quantitative estimate of drug-likeness (QED) is 0.883. The molecular weight excluding hydrogens is 263 g/mol. The number of hydrogen-bond donors (Lipinski definition) is 2. The van der Waals surface area contributed by atoms with Crippen LogP contribution in [0.15, 0.2) is 28.3 Å². The first-order valence-electron chi connectivity index (χ1n) is 6.20. The van der Waals surface area contributed by atoms with Gasteiger partial charge in [-0.05, 0) is 43.8 Å². The Morgan fingerprint density at radius 2 is 2.26 bits per heavy atom. The number of benzene rings is 1. The maximum absolute atomic E-state index is 14.0. The molecule has 0 bridgehead atoms. The number of halogens is 1. The lowest BCUT2D eigenvalue weighted by molar-refractivity contribution is 0.557. The van der Waals surface area contributed by atoms with E-state index in [1.807, 2.05) is 26.8 Å². The highest BCUT2D eigenvalue weighted by atomic mass is 32.2. The molecule has 19 heavy (non-hydrogen) atoms. The number of nitrogens with one attached hydrogen (secondary N) is 2. The van der Waals surface area contributed by atoms with E-state index in [0.717, 1.165) is 17.9 Å². The monoisotopic (exact) mass is 280 g/mol. The minimum Gasteiger partial charge on any atom is -0.310 e.